The molecule has 2 aromatic carbocycles. The van der Waals surface area contributed by atoms with Gasteiger partial charge in [-0.2, -0.15) is 5.26 Å². The highest BCUT2D eigenvalue weighted by atomic mass is 16.6. The number of rotatable bonds is 7. The predicted molar refractivity (Wildman–Crippen MR) is 112 cm³/mol. The zero-order chi connectivity index (χ0) is 22.2. The van der Waals surface area contributed by atoms with E-state index in [9.17, 15) is 14.4 Å². The molecule has 0 aliphatic carbocycles. The molecule has 0 aromatic heterocycles. The minimum atomic E-state index is -0.928. The minimum absolute atomic E-state index is 0.118. The molecule has 0 unspecified atom stereocenters. The lowest BCUT2D eigenvalue weighted by atomic mass is 10.0. The summed E-state index contributed by atoms with van der Waals surface area (Å²) in [5, 5.41) is 11.6. The summed E-state index contributed by atoms with van der Waals surface area (Å²) in [6, 6.07) is 16.4. The topological polar surface area (TPSA) is 126 Å². The number of hydrogen-bond acceptors (Lipinski definition) is 5. The number of likely N-dealkylation sites (tertiary alicyclic amines) is 1. The SMILES string of the molecule is N#Cc1ccc(C[C@H](NC(=O)[C@H]2CCCN2C(=O)OCc2ccccc2)C(N)=O)cc1. The molecule has 8 heteroatoms. The van der Waals surface area contributed by atoms with Crippen LogP contribution in [0.2, 0.25) is 0 Å². The third-order valence-electron chi connectivity index (χ3n) is 5.18. The van der Waals surface area contributed by atoms with Crippen molar-refractivity contribution < 1.29 is 19.1 Å². The molecule has 1 fully saturated rings. The van der Waals surface area contributed by atoms with Gasteiger partial charge in [-0.1, -0.05) is 42.5 Å². The van der Waals surface area contributed by atoms with Crippen LogP contribution in [0.4, 0.5) is 4.79 Å². The summed E-state index contributed by atoms with van der Waals surface area (Å²) in [5.41, 5.74) is 7.59. The Morgan fingerprint density at radius 1 is 1.13 bits per heavy atom. The number of amides is 3. The highest BCUT2D eigenvalue weighted by Gasteiger charge is 2.36. The Morgan fingerprint density at radius 3 is 2.48 bits per heavy atom. The summed E-state index contributed by atoms with van der Waals surface area (Å²) in [7, 11) is 0. The molecule has 3 amide bonds. The summed E-state index contributed by atoms with van der Waals surface area (Å²) in [4.78, 5) is 38.6. The van der Waals surface area contributed by atoms with Gasteiger partial charge in [0, 0.05) is 13.0 Å². The monoisotopic (exact) mass is 420 g/mol. The molecular formula is C23H24N4O4. The lowest BCUT2D eigenvalue weighted by Gasteiger charge is -2.25. The average Bonchev–Trinajstić information content (AvgIpc) is 3.28. The zero-order valence-electron chi connectivity index (χ0n) is 17.0. The molecule has 0 radical (unpaired) electrons. The van der Waals surface area contributed by atoms with Crippen molar-refractivity contribution in [2.45, 2.75) is 38.0 Å². The number of hydrogen-bond donors (Lipinski definition) is 2. The Bertz CT molecular complexity index is 969. The standard InChI is InChI=1S/C23H24N4O4/c24-14-17-10-8-16(9-11-17)13-19(21(25)28)26-22(29)20-7-4-12-27(20)23(30)31-15-18-5-2-1-3-6-18/h1-3,5-6,8-11,19-20H,4,7,12-13,15H2,(H2,25,28)(H,26,29)/t19-,20+/m0/s1. The summed E-state index contributed by atoms with van der Waals surface area (Å²) < 4.78 is 5.35. The van der Waals surface area contributed by atoms with E-state index >= 15 is 0 Å². The number of benzene rings is 2. The summed E-state index contributed by atoms with van der Waals surface area (Å²) in [6.45, 7) is 0.523. The fraction of sp³-hybridized carbons (Fsp3) is 0.304. The molecule has 1 aliphatic heterocycles. The zero-order valence-corrected chi connectivity index (χ0v) is 17.0. The second-order valence-corrected chi connectivity index (χ2v) is 7.37. The van der Waals surface area contributed by atoms with Crippen molar-refractivity contribution in [2.24, 2.45) is 5.73 Å². The number of nitrogens with two attached hydrogens (primary N) is 1. The van der Waals surface area contributed by atoms with E-state index in [-0.39, 0.29) is 13.0 Å². The molecule has 8 nitrogen and oxygen atoms in total. The highest BCUT2D eigenvalue weighted by molar-refractivity contribution is 5.91. The van der Waals surface area contributed by atoms with Gasteiger partial charge in [-0.3, -0.25) is 14.5 Å². The Morgan fingerprint density at radius 2 is 1.84 bits per heavy atom. The average molecular weight is 420 g/mol. The molecule has 0 spiro atoms. The van der Waals surface area contributed by atoms with Crippen molar-refractivity contribution in [2.75, 3.05) is 6.54 Å². The van der Waals surface area contributed by atoms with Crippen molar-refractivity contribution in [1.82, 2.24) is 10.2 Å². The van der Waals surface area contributed by atoms with Crippen molar-refractivity contribution in [1.29, 1.82) is 5.26 Å². The van der Waals surface area contributed by atoms with Crippen molar-refractivity contribution in [3.63, 3.8) is 0 Å². The highest BCUT2D eigenvalue weighted by Crippen LogP contribution is 2.19. The molecule has 0 saturated carbocycles. The maximum Gasteiger partial charge on any atom is 0.410 e. The van der Waals surface area contributed by atoms with E-state index in [1.807, 2.05) is 36.4 Å². The number of ether oxygens (including phenoxy) is 1. The summed E-state index contributed by atoms with van der Waals surface area (Å²) in [5.74, 6) is -1.11. The fourth-order valence-electron chi connectivity index (χ4n) is 3.50. The Hall–Kier alpha value is -3.86. The van der Waals surface area contributed by atoms with Crippen molar-refractivity contribution in [3.05, 3.63) is 71.3 Å². The first-order chi connectivity index (χ1) is 15.0. The quantitative estimate of drug-likeness (QED) is 0.707. The van der Waals surface area contributed by atoms with E-state index in [1.165, 1.54) is 4.90 Å². The molecular weight excluding hydrogens is 396 g/mol. The van der Waals surface area contributed by atoms with Crippen LogP contribution in [0, 0.1) is 11.3 Å². The van der Waals surface area contributed by atoms with Gasteiger partial charge in [-0.25, -0.2) is 4.79 Å². The minimum Gasteiger partial charge on any atom is -0.445 e. The molecule has 1 saturated heterocycles. The molecule has 3 N–H and O–H groups in total. The van der Waals surface area contributed by atoms with Gasteiger partial charge in [0.1, 0.15) is 18.7 Å². The fourth-order valence-corrected chi connectivity index (χ4v) is 3.50. The van der Waals surface area contributed by atoms with Crippen LogP contribution in [0.25, 0.3) is 0 Å². The summed E-state index contributed by atoms with van der Waals surface area (Å²) in [6.07, 6.45) is 0.770. The summed E-state index contributed by atoms with van der Waals surface area (Å²) >= 11 is 0. The predicted octanol–water partition coefficient (Wildman–Crippen LogP) is 1.87. The van der Waals surface area contributed by atoms with E-state index < -0.39 is 30.0 Å². The van der Waals surface area contributed by atoms with Crippen LogP contribution < -0.4 is 11.1 Å². The largest absolute Gasteiger partial charge is 0.445 e. The maximum absolute atomic E-state index is 12.8. The van der Waals surface area contributed by atoms with Crippen molar-refractivity contribution in [3.8, 4) is 6.07 Å². The Labute approximate surface area is 180 Å². The number of nitriles is 1. The lowest BCUT2D eigenvalue weighted by Crippen LogP contribution is -2.53. The molecule has 2 aromatic rings. The Balaban J connectivity index is 1.60. The second-order valence-electron chi connectivity index (χ2n) is 7.37. The first kappa shape index (κ1) is 21.8. The third-order valence-corrected chi connectivity index (χ3v) is 5.18. The molecule has 1 heterocycles. The van der Waals surface area contributed by atoms with Gasteiger partial charge < -0.3 is 15.8 Å². The van der Waals surface area contributed by atoms with Crippen LogP contribution in [0.5, 0.6) is 0 Å². The molecule has 1 aliphatic rings. The van der Waals surface area contributed by atoms with E-state index in [1.54, 1.807) is 24.3 Å². The van der Waals surface area contributed by atoms with Crippen molar-refractivity contribution >= 4 is 17.9 Å². The second kappa shape index (κ2) is 10.3. The molecule has 31 heavy (non-hydrogen) atoms. The van der Waals surface area contributed by atoms with Gasteiger partial charge in [0.25, 0.3) is 0 Å². The van der Waals surface area contributed by atoms with E-state index in [4.69, 9.17) is 15.7 Å². The number of nitrogens with one attached hydrogen (secondary N) is 1. The Kier molecular flexibility index (Phi) is 7.22. The smallest absolute Gasteiger partial charge is 0.410 e. The molecule has 160 valence electrons. The van der Waals surface area contributed by atoms with E-state index in [0.717, 1.165) is 11.1 Å². The van der Waals surface area contributed by atoms with Gasteiger partial charge in [0.2, 0.25) is 11.8 Å². The van der Waals surface area contributed by atoms with Crippen LogP contribution in [-0.4, -0.2) is 41.4 Å². The normalized spacial score (nSPS) is 16.2. The molecule has 3 rings (SSSR count). The van der Waals surface area contributed by atoms with Gasteiger partial charge in [-0.15, -0.1) is 0 Å². The molecule has 2 atom stereocenters. The first-order valence-corrected chi connectivity index (χ1v) is 10.0. The number of carbonyl (C=O) groups excluding carboxylic acids is 3. The number of carbonyl (C=O) groups is 3. The third kappa shape index (κ3) is 5.82. The van der Waals surface area contributed by atoms with Crippen LogP contribution >= 0.6 is 0 Å². The van der Waals surface area contributed by atoms with E-state index in [0.29, 0.717) is 24.9 Å². The van der Waals surface area contributed by atoms with Gasteiger partial charge in [0.15, 0.2) is 0 Å². The van der Waals surface area contributed by atoms with Gasteiger partial charge in [-0.05, 0) is 36.1 Å². The van der Waals surface area contributed by atoms with Gasteiger partial charge >= 0.3 is 6.09 Å². The van der Waals surface area contributed by atoms with Crippen LogP contribution in [0.3, 0.4) is 0 Å². The van der Waals surface area contributed by atoms with Crippen LogP contribution in [-0.2, 0) is 27.4 Å². The maximum atomic E-state index is 12.8. The number of primary amides is 1. The van der Waals surface area contributed by atoms with Gasteiger partial charge in [0.05, 0.1) is 11.6 Å². The molecule has 0 bridgehead atoms. The lowest BCUT2D eigenvalue weighted by molar-refractivity contribution is -0.130. The van der Waals surface area contributed by atoms with Crippen LogP contribution in [0.15, 0.2) is 54.6 Å². The first-order valence-electron chi connectivity index (χ1n) is 10.0. The van der Waals surface area contributed by atoms with E-state index in [2.05, 4.69) is 5.32 Å². The number of nitrogens with zero attached hydrogens (tertiary/aromatic N) is 2. The van der Waals surface area contributed by atoms with Crippen LogP contribution in [0.1, 0.15) is 29.5 Å².